The molecular formula is C15H19FN2S. The second-order valence-electron chi connectivity index (χ2n) is 4.45. The van der Waals surface area contributed by atoms with Gasteiger partial charge in [-0.3, -0.25) is 4.90 Å². The molecule has 1 atom stereocenters. The molecule has 2 N–H and O–H groups in total. The van der Waals surface area contributed by atoms with Gasteiger partial charge in [0.05, 0.1) is 0 Å². The van der Waals surface area contributed by atoms with Gasteiger partial charge in [0.15, 0.2) is 0 Å². The highest BCUT2D eigenvalue weighted by Crippen LogP contribution is 2.23. The molecule has 1 unspecified atom stereocenters. The summed E-state index contributed by atoms with van der Waals surface area (Å²) in [4.78, 5) is 3.58. The zero-order valence-electron chi connectivity index (χ0n) is 11.1. The van der Waals surface area contributed by atoms with E-state index < -0.39 is 0 Å². The van der Waals surface area contributed by atoms with Gasteiger partial charge in [0.1, 0.15) is 5.82 Å². The number of nitrogens with two attached hydrogens (primary N) is 1. The van der Waals surface area contributed by atoms with E-state index in [-0.39, 0.29) is 11.9 Å². The first-order valence-corrected chi connectivity index (χ1v) is 7.34. The van der Waals surface area contributed by atoms with Crippen LogP contribution in [0.2, 0.25) is 0 Å². The summed E-state index contributed by atoms with van der Waals surface area (Å²) in [5.74, 6) is -0.205. The van der Waals surface area contributed by atoms with Crippen molar-refractivity contribution in [2.75, 3.05) is 13.1 Å². The van der Waals surface area contributed by atoms with Gasteiger partial charge < -0.3 is 5.73 Å². The highest BCUT2D eigenvalue weighted by molar-refractivity contribution is 7.09. The first kappa shape index (κ1) is 14.2. The first-order chi connectivity index (χ1) is 9.24. The van der Waals surface area contributed by atoms with Crippen molar-refractivity contribution in [1.82, 2.24) is 4.90 Å². The Morgan fingerprint density at radius 1 is 1.32 bits per heavy atom. The number of nitrogens with zero attached hydrogens (tertiary/aromatic N) is 1. The smallest absolute Gasteiger partial charge is 0.123 e. The fourth-order valence-corrected chi connectivity index (χ4v) is 2.98. The van der Waals surface area contributed by atoms with E-state index in [1.54, 1.807) is 23.5 Å². The predicted octanol–water partition coefficient (Wildman–Crippen LogP) is 3.41. The molecule has 0 aliphatic rings. The largest absolute Gasteiger partial charge is 0.329 e. The Hall–Kier alpha value is -1.23. The van der Waals surface area contributed by atoms with Gasteiger partial charge in [-0.05, 0) is 35.7 Å². The zero-order valence-corrected chi connectivity index (χ0v) is 11.9. The molecule has 0 saturated heterocycles. The summed E-state index contributed by atoms with van der Waals surface area (Å²) in [6.45, 7) is 4.33. The highest BCUT2D eigenvalue weighted by Gasteiger charge is 2.18. The van der Waals surface area contributed by atoms with E-state index in [2.05, 4.69) is 23.3 Å². The summed E-state index contributed by atoms with van der Waals surface area (Å²) >= 11 is 1.74. The minimum atomic E-state index is -0.205. The number of hydrogen-bond acceptors (Lipinski definition) is 3. The Balaban J connectivity index is 2.18. The van der Waals surface area contributed by atoms with Crippen LogP contribution in [0, 0.1) is 5.82 Å². The molecular weight excluding hydrogens is 259 g/mol. The van der Waals surface area contributed by atoms with E-state index in [1.165, 1.54) is 10.9 Å². The number of thiophene rings is 1. The molecule has 4 heteroatoms. The number of hydrogen-bond donors (Lipinski definition) is 1. The molecule has 0 aliphatic carbocycles. The van der Waals surface area contributed by atoms with Crippen molar-refractivity contribution in [3.63, 3.8) is 0 Å². The summed E-state index contributed by atoms with van der Waals surface area (Å²) < 4.78 is 13.4. The third kappa shape index (κ3) is 3.62. The van der Waals surface area contributed by atoms with Gasteiger partial charge in [-0.15, -0.1) is 11.3 Å². The maximum Gasteiger partial charge on any atom is 0.123 e. The Morgan fingerprint density at radius 3 is 2.74 bits per heavy atom. The van der Waals surface area contributed by atoms with Crippen LogP contribution in [0.15, 0.2) is 41.8 Å². The van der Waals surface area contributed by atoms with E-state index in [9.17, 15) is 4.39 Å². The second kappa shape index (κ2) is 6.80. The van der Waals surface area contributed by atoms with Crippen LogP contribution in [0.1, 0.15) is 23.4 Å². The normalized spacial score (nSPS) is 12.8. The van der Waals surface area contributed by atoms with E-state index in [4.69, 9.17) is 5.73 Å². The summed E-state index contributed by atoms with van der Waals surface area (Å²) in [6, 6.07) is 11.0. The van der Waals surface area contributed by atoms with Gasteiger partial charge in [0.25, 0.3) is 0 Å². The van der Waals surface area contributed by atoms with Gasteiger partial charge in [-0.25, -0.2) is 4.39 Å². The fraction of sp³-hybridized carbons (Fsp3) is 0.333. The topological polar surface area (TPSA) is 29.3 Å². The lowest BCUT2D eigenvalue weighted by Crippen LogP contribution is -2.33. The van der Waals surface area contributed by atoms with Crippen LogP contribution < -0.4 is 5.73 Å². The number of likely N-dealkylation sites (N-methyl/N-ethyl adjacent to an activating group) is 1. The Kier molecular flexibility index (Phi) is 5.07. The summed E-state index contributed by atoms with van der Waals surface area (Å²) in [6.07, 6.45) is 0. The minimum absolute atomic E-state index is 0.0581. The SMILES string of the molecule is CCN(Cc1cccs1)C(CN)c1cccc(F)c1. The Labute approximate surface area is 117 Å². The molecule has 0 radical (unpaired) electrons. The fourth-order valence-electron chi connectivity index (χ4n) is 2.25. The van der Waals surface area contributed by atoms with Crippen molar-refractivity contribution in [3.05, 3.63) is 58.0 Å². The summed E-state index contributed by atoms with van der Waals surface area (Å²) in [5.41, 5.74) is 6.84. The third-order valence-electron chi connectivity index (χ3n) is 3.24. The van der Waals surface area contributed by atoms with Crippen LogP contribution in [0.3, 0.4) is 0 Å². The van der Waals surface area contributed by atoms with Crippen LogP contribution in [-0.4, -0.2) is 18.0 Å². The van der Waals surface area contributed by atoms with Crippen molar-refractivity contribution in [2.24, 2.45) is 5.73 Å². The van der Waals surface area contributed by atoms with Gasteiger partial charge in [-0.1, -0.05) is 25.1 Å². The number of halogens is 1. The minimum Gasteiger partial charge on any atom is -0.329 e. The molecule has 1 aromatic carbocycles. The average Bonchev–Trinajstić information content (AvgIpc) is 2.91. The molecule has 2 aromatic rings. The molecule has 1 aromatic heterocycles. The summed E-state index contributed by atoms with van der Waals surface area (Å²) in [7, 11) is 0. The molecule has 1 heterocycles. The van der Waals surface area contributed by atoms with E-state index in [1.807, 2.05) is 12.1 Å². The molecule has 0 saturated carbocycles. The van der Waals surface area contributed by atoms with Crippen LogP contribution in [-0.2, 0) is 6.54 Å². The lowest BCUT2D eigenvalue weighted by molar-refractivity contribution is 0.205. The number of rotatable bonds is 6. The molecule has 0 aliphatic heterocycles. The second-order valence-corrected chi connectivity index (χ2v) is 5.48. The average molecular weight is 278 g/mol. The van der Waals surface area contributed by atoms with Gasteiger partial charge in [0, 0.05) is 24.0 Å². The highest BCUT2D eigenvalue weighted by atomic mass is 32.1. The predicted molar refractivity (Wildman–Crippen MR) is 78.6 cm³/mol. The molecule has 0 bridgehead atoms. The van der Waals surface area contributed by atoms with Crippen molar-refractivity contribution < 1.29 is 4.39 Å². The van der Waals surface area contributed by atoms with E-state index in [0.717, 1.165) is 18.7 Å². The quantitative estimate of drug-likeness (QED) is 0.877. The van der Waals surface area contributed by atoms with Gasteiger partial charge in [0.2, 0.25) is 0 Å². The van der Waals surface area contributed by atoms with E-state index >= 15 is 0 Å². The van der Waals surface area contributed by atoms with Crippen LogP contribution in [0.5, 0.6) is 0 Å². The van der Waals surface area contributed by atoms with Crippen LogP contribution in [0.4, 0.5) is 4.39 Å². The van der Waals surface area contributed by atoms with Crippen LogP contribution >= 0.6 is 11.3 Å². The maximum absolute atomic E-state index is 13.4. The lowest BCUT2D eigenvalue weighted by Gasteiger charge is -2.29. The number of benzene rings is 1. The molecule has 0 spiro atoms. The molecule has 19 heavy (non-hydrogen) atoms. The zero-order chi connectivity index (χ0) is 13.7. The molecule has 0 fully saturated rings. The van der Waals surface area contributed by atoms with Crippen LogP contribution in [0.25, 0.3) is 0 Å². The standard InChI is InChI=1S/C15H19FN2S/c1-2-18(11-14-7-4-8-19-14)15(10-17)12-5-3-6-13(16)9-12/h3-9,15H,2,10-11,17H2,1H3. The van der Waals surface area contributed by atoms with Gasteiger partial charge in [-0.2, -0.15) is 0 Å². The van der Waals surface area contributed by atoms with E-state index in [0.29, 0.717) is 6.54 Å². The molecule has 0 amide bonds. The Bertz CT molecular complexity index is 499. The van der Waals surface area contributed by atoms with Crippen molar-refractivity contribution >= 4 is 11.3 Å². The maximum atomic E-state index is 13.4. The van der Waals surface area contributed by atoms with Crippen molar-refractivity contribution in [1.29, 1.82) is 0 Å². The monoisotopic (exact) mass is 278 g/mol. The molecule has 102 valence electrons. The van der Waals surface area contributed by atoms with Crippen molar-refractivity contribution in [3.8, 4) is 0 Å². The summed E-state index contributed by atoms with van der Waals surface area (Å²) in [5, 5.41) is 2.07. The lowest BCUT2D eigenvalue weighted by atomic mass is 10.0. The van der Waals surface area contributed by atoms with Gasteiger partial charge >= 0.3 is 0 Å². The van der Waals surface area contributed by atoms with Crippen molar-refractivity contribution in [2.45, 2.75) is 19.5 Å². The molecule has 2 rings (SSSR count). The first-order valence-electron chi connectivity index (χ1n) is 6.46. The molecule has 2 nitrogen and oxygen atoms in total. The third-order valence-corrected chi connectivity index (χ3v) is 4.10. The Morgan fingerprint density at radius 2 is 2.16 bits per heavy atom.